The summed E-state index contributed by atoms with van der Waals surface area (Å²) in [5.41, 5.74) is 1.62. The van der Waals surface area contributed by atoms with E-state index in [4.69, 9.17) is 34.8 Å². The quantitative estimate of drug-likeness (QED) is 0.781. The van der Waals surface area contributed by atoms with Crippen molar-refractivity contribution in [1.29, 1.82) is 0 Å². The van der Waals surface area contributed by atoms with Crippen LogP contribution < -0.4 is 10.2 Å². The van der Waals surface area contributed by atoms with Crippen molar-refractivity contribution in [2.45, 2.75) is 6.92 Å². The third kappa shape index (κ3) is 2.77. The zero-order valence-corrected chi connectivity index (χ0v) is 14.7. The van der Waals surface area contributed by atoms with Crippen molar-refractivity contribution in [2.75, 3.05) is 10.2 Å². The van der Waals surface area contributed by atoms with E-state index in [9.17, 15) is 9.59 Å². The first-order chi connectivity index (χ1) is 11.4. The molecule has 2 amide bonds. The number of hydrogen-bond acceptors (Lipinski definition) is 3. The summed E-state index contributed by atoms with van der Waals surface area (Å²) in [6.45, 7) is 1.80. The van der Waals surface area contributed by atoms with Gasteiger partial charge in [-0.1, -0.05) is 53.0 Å². The topological polar surface area (TPSA) is 49.4 Å². The van der Waals surface area contributed by atoms with Crippen LogP contribution in [0, 0.1) is 6.92 Å². The number of rotatable bonds is 3. The lowest BCUT2D eigenvalue weighted by Crippen LogP contribution is -2.32. The first kappa shape index (κ1) is 16.8. The van der Waals surface area contributed by atoms with Crippen LogP contribution in [0.3, 0.4) is 0 Å². The van der Waals surface area contributed by atoms with E-state index in [-0.39, 0.29) is 21.4 Å². The molecule has 0 fully saturated rings. The monoisotopic (exact) mass is 380 g/mol. The minimum atomic E-state index is -0.628. The Morgan fingerprint density at radius 3 is 2.25 bits per heavy atom. The number of nitrogens with zero attached hydrogens (tertiary/aromatic N) is 1. The molecule has 0 spiro atoms. The smallest absolute Gasteiger partial charge is 0.283 e. The molecule has 0 atom stereocenters. The molecule has 0 aliphatic carbocycles. The van der Waals surface area contributed by atoms with Crippen LogP contribution in [0.5, 0.6) is 0 Å². The van der Waals surface area contributed by atoms with Gasteiger partial charge in [0.1, 0.15) is 10.7 Å². The van der Waals surface area contributed by atoms with Gasteiger partial charge in [-0.2, -0.15) is 0 Å². The average Bonchev–Trinajstić information content (AvgIpc) is 2.76. The number of carbonyl (C=O) groups excluding carboxylic acids is 2. The molecule has 0 aromatic heterocycles. The van der Waals surface area contributed by atoms with Crippen molar-refractivity contribution >= 4 is 58.0 Å². The van der Waals surface area contributed by atoms with E-state index in [1.54, 1.807) is 49.4 Å². The molecule has 0 saturated heterocycles. The van der Waals surface area contributed by atoms with Crippen LogP contribution in [0.4, 0.5) is 11.4 Å². The molecule has 1 aliphatic rings. The molecule has 0 unspecified atom stereocenters. The second-order valence-electron chi connectivity index (χ2n) is 5.12. The molecule has 0 radical (unpaired) electrons. The SMILES string of the molecule is Cc1c(Cl)cccc1NC1=C(Cl)C(=O)N(c2ccccc2Cl)C1=O. The van der Waals surface area contributed by atoms with E-state index in [0.29, 0.717) is 10.7 Å². The minimum Gasteiger partial charge on any atom is -0.349 e. The largest absolute Gasteiger partial charge is 0.349 e. The lowest BCUT2D eigenvalue weighted by atomic mass is 10.2. The van der Waals surface area contributed by atoms with Crippen LogP contribution in [0.2, 0.25) is 10.0 Å². The van der Waals surface area contributed by atoms with Gasteiger partial charge >= 0.3 is 0 Å². The van der Waals surface area contributed by atoms with Gasteiger partial charge in [0.15, 0.2) is 0 Å². The number of amides is 2. The Balaban J connectivity index is 1.98. The van der Waals surface area contributed by atoms with Crippen LogP contribution in [0.1, 0.15) is 5.56 Å². The highest BCUT2D eigenvalue weighted by atomic mass is 35.5. The second kappa shape index (κ2) is 6.48. The van der Waals surface area contributed by atoms with E-state index in [1.165, 1.54) is 0 Å². The Morgan fingerprint density at radius 1 is 0.875 bits per heavy atom. The molecule has 1 aliphatic heterocycles. The molecule has 0 bridgehead atoms. The van der Waals surface area contributed by atoms with Crippen molar-refractivity contribution in [3.63, 3.8) is 0 Å². The lowest BCUT2D eigenvalue weighted by Gasteiger charge is -2.16. The average molecular weight is 382 g/mol. The molecule has 4 nitrogen and oxygen atoms in total. The summed E-state index contributed by atoms with van der Waals surface area (Å²) in [7, 11) is 0. The van der Waals surface area contributed by atoms with Gasteiger partial charge in [0, 0.05) is 10.7 Å². The molecule has 0 saturated carbocycles. The zero-order chi connectivity index (χ0) is 17.4. The molecule has 1 heterocycles. The number of imide groups is 1. The predicted molar refractivity (Wildman–Crippen MR) is 96.6 cm³/mol. The maximum absolute atomic E-state index is 12.7. The Kier molecular flexibility index (Phi) is 4.54. The molecule has 2 aromatic carbocycles. The number of anilines is 2. The van der Waals surface area contributed by atoms with Crippen LogP contribution in [0.15, 0.2) is 53.2 Å². The summed E-state index contributed by atoms with van der Waals surface area (Å²) in [6.07, 6.45) is 0. The van der Waals surface area contributed by atoms with Crippen LogP contribution in [0.25, 0.3) is 0 Å². The number of para-hydroxylation sites is 1. The molecule has 3 rings (SSSR count). The highest BCUT2D eigenvalue weighted by Crippen LogP contribution is 2.34. The first-order valence-electron chi connectivity index (χ1n) is 6.97. The Morgan fingerprint density at radius 2 is 1.54 bits per heavy atom. The van der Waals surface area contributed by atoms with Gasteiger partial charge in [-0.3, -0.25) is 9.59 Å². The van der Waals surface area contributed by atoms with Crippen LogP contribution in [-0.4, -0.2) is 11.8 Å². The van der Waals surface area contributed by atoms with E-state index in [2.05, 4.69) is 5.32 Å². The van der Waals surface area contributed by atoms with Gasteiger partial charge in [0.2, 0.25) is 0 Å². The predicted octanol–water partition coefficient (Wildman–Crippen LogP) is 4.74. The van der Waals surface area contributed by atoms with Gasteiger partial charge in [0.25, 0.3) is 11.8 Å². The second-order valence-corrected chi connectivity index (χ2v) is 6.32. The van der Waals surface area contributed by atoms with Gasteiger partial charge in [0.05, 0.1) is 10.7 Å². The van der Waals surface area contributed by atoms with Crippen molar-refractivity contribution in [3.05, 3.63) is 68.8 Å². The summed E-state index contributed by atoms with van der Waals surface area (Å²) in [5, 5.41) is 3.53. The standard InChI is InChI=1S/C17H11Cl3N2O2/c1-9-10(18)6-4-7-12(9)21-15-14(20)16(23)22(17(15)24)13-8-3-2-5-11(13)19/h2-8,21H,1H3. The molecular weight excluding hydrogens is 371 g/mol. The third-order valence-corrected chi connectivity index (χ3v) is 4.73. The summed E-state index contributed by atoms with van der Waals surface area (Å²) in [5.74, 6) is -1.20. The van der Waals surface area contributed by atoms with E-state index in [0.717, 1.165) is 10.5 Å². The first-order valence-corrected chi connectivity index (χ1v) is 8.10. The summed E-state index contributed by atoms with van der Waals surface area (Å²) in [4.78, 5) is 26.1. The van der Waals surface area contributed by atoms with Crippen molar-refractivity contribution in [2.24, 2.45) is 0 Å². The summed E-state index contributed by atoms with van der Waals surface area (Å²) >= 11 is 18.3. The lowest BCUT2D eigenvalue weighted by molar-refractivity contribution is -0.120. The summed E-state index contributed by atoms with van der Waals surface area (Å²) < 4.78 is 0. The number of carbonyl (C=O) groups is 2. The fourth-order valence-corrected chi connectivity index (χ4v) is 2.95. The maximum Gasteiger partial charge on any atom is 0.283 e. The Labute approximate surface area is 153 Å². The molecule has 122 valence electrons. The van der Waals surface area contributed by atoms with E-state index < -0.39 is 11.8 Å². The van der Waals surface area contributed by atoms with Crippen molar-refractivity contribution in [3.8, 4) is 0 Å². The normalized spacial score (nSPS) is 14.6. The highest BCUT2D eigenvalue weighted by Gasteiger charge is 2.39. The van der Waals surface area contributed by atoms with Crippen LogP contribution >= 0.6 is 34.8 Å². The number of halogens is 3. The highest BCUT2D eigenvalue weighted by molar-refractivity contribution is 6.53. The van der Waals surface area contributed by atoms with Crippen molar-refractivity contribution < 1.29 is 9.59 Å². The van der Waals surface area contributed by atoms with Crippen LogP contribution in [-0.2, 0) is 9.59 Å². The molecule has 24 heavy (non-hydrogen) atoms. The van der Waals surface area contributed by atoms with E-state index in [1.807, 2.05) is 0 Å². The Hall–Kier alpha value is -2.01. The molecule has 2 aromatic rings. The molecule has 1 N–H and O–H groups in total. The van der Waals surface area contributed by atoms with Gasteiger partial charge in [-0.15, -0.1) is 0 Å². The van der Waals surface area contributed by atoms with Gasteiger partial charge in [-0.25, -0.2) is 4.90 Å². The zero-order valence-electron chi connectivity index (χ0n) is 12.4. The van der Waals surface area contributed by atoms with Crippen molar-refractivity contribution in [1.82, 2.24) is 0 Å². The number of hydrogen-bond donors (Lipinski definition) is 1. The summed E-state index contributed by atoms with van der Waals surface area (Å²) in [6, 6.07) is 11.8. The molecule has 7 heteroatoms. The van der Waals surface area contributed by atoms with E-state index >= 15 is 0 Å². The number of nitrogens with one attached hydrogen (secondary N) is 1. The number of benzene rings is 2. The fourth-order valence-electron chi connectivity index (χ4n) is 2.34. The minimum absolute atomic E-state index is 0.00745. The fraction of sp³-hybridized carbons (Fsp3) is 0.0588. The van der Waals surface area contributed by atoms with Gasteiger partial charge in [-0.05, 0) is 36.8 Å². The molecular formula is C17H11Cl3N2O2. The maximum atomic E-state index is 12.7. The Bertz CT molecular complexity index is 893. The third-order valence-electron chi connectivity index (χ3n) is 3.65. The van der Waals surface area contributed by atoms with Gasteiger partial charge < -0.3 is 5.32 Å².